The zero-order chi connectivity index (χ0) is 31.5. The molecule has 0 aromatic carbocycles. The summed E-state index contributed by atoms with van der Waals surface area (Å²) in [4.78, 5) is 11.6. The van der Waals surface area contributed by atoms with Crippen LogP contribution in [0.4, 0.5) is 0 Å². The van der Waals surface area contributed by atoms with Crippen LogP contribution in [0, 0.1) is 0 Å². The van der Waals surface area contributed by atoms with Gasteiger partial charge in [0.25, 0.3) is 0 Å². The number of cyclic esters (lactones) is 1. The first-order valence-corrected chi connectivity index (χ1v) is 17.6. The fourth-order valence-corrected chi connectivity index (χ4v) is 5.48. The summed E-state index contributed by atoms with van der Waals surface area (Å²) in [5.74, 6) is -0.139. The molecule has 1 aliphatic rings. The average molecular weight is 615 g/mol. The van der Waals surface area contributed by atoms with E-state index in [1.807, 2.05) is 13.0 Å². The van der Waals surface area contributed by atoms with E-state index in [2.05, 4.69) is 6.92 Å². The summed E-state index contributed by atoms with van der Waals surface area (Å²) in [6, 6.07) is 0. The second-order valence-corrected chi connectivity index (χ2v) is 12.7. The van der Waals surface area contributed by atoms with Crippen molar-refractivity contribution in [2.45, 2.75) is 179 Å². The molecule has 0 saturated carbocycles. The van der Waals surface area contributed by atoms with Gasteiger partial charge in [0.15, 0.2) is 0 Å². The number of hydrogen-bond acceptors (Lipinski definition) is 8. The van der Waals surface area contributed by atoms with E-state index in [1.165, 1.54) is 77.0 Å². The van der Waals surface area contributed by atoms with Crippen LogP contribution in [0.5, 0.6) is 0 Å². The van der Waals surface area contributed by atoms with Gasteiger partial charge in [0.05, 0.1) is 38.6 Å². The zero-order valence-corrected chi connectivity index (χ0v) is 27.6. The number of hydrogen-bond donors (Lipinski definition) is 4. The van der Waals surface area contributed by atoms with Gasteiger partial charge in [-0.1, -0.05) is 116 Å². The lowest BCUT2D eigenvalue weighted by Gasteiger charge is -2.20. The molecule has 0 radical (unpaired) electrons. The molecule has 0 aromatic heterocycles. The zero-order valence-electron chi connectivity index (χ0n) is 27.6. The van der Waals surface area contributed by atoms with Crippen molar-refractivity contribution >= 4 is 5.97 Å². The first-order valence-electron chi connectivity index (χ1n) is 17.6. The highest BCUT2D eigenvalue weighted by molar-refractivity contribution is 5.90. The number of carbonyl (C=O) groups is 1. The molecule has 43 heavy (non-hydrogen) atoms. The van der Waals surface area contributed by atoms with Crippen LogP contribution in [-0.2, 0) is 19.0 Å². The van der Waals surface area contributed by atoms with Crippen LogP contribution in [0.2, 0.25) is 0 Å². The standard InChI is InChI=1S/C35H66O8/c1-3-4-5-6-7-13-16-19-22-31(36)25-41-27-33(38)34(39)28-42-26-32(37)23-20-17-14-11-9-8-10-12-15-18-21-30-24-29(2)43-35(30)40/h24,29,31-34,36-39H,3-23,25-28H2,1-2H3/t29-,31-,32-,33+,34+/m0/s1. The molecule has 0 aromatic rings. The van der Waals surface area contributed by atoms with Crippen LogP contribution >= 0.6 is 0 Å². The Morgan fingerprint density at radius 2 is 1.02 bits per heavy atom. The molecule has 1 aliphatic heterocycles. The SMILES string of the molecule is CCCCCCCCCC[C@H](O)COC[C@@H](O)[C@H](O)COC[C@@H](O)CCCCCCCCCCCCC1=C[C@H](C)OC1=O. The van der Waals surface area contributed by atoms with E-state index in [0.29, 0.717) is 12.8 Å². The number of esters is 1. The summed E-state index contributed by atoms with van der Waals surface area (Å²) in [6.45, 7) is 4.29. The van der Waals surface area contributed by atoms with Crippen LogP contribution in [-0.4, -0.2) is 83.3 Å². The predicted molar refractivity (Wildman–Crippen MR) is 172 cm³/mol. The summed E-state index contributed by atoms with van der Waals surface area (Å²) >= 11 is 0. The van der Waals surface area contributed by atoms with Gasteiger partial charge >= 0.3 is 5.97 Å². The van der Waals surface area contributed by atoms with E-state index < -0.39 is 24.4 Å². The second kappa shape index (κ2) is 27.3. The number of unbranched alkanes of at least 4 members (excludes halogenated alkanes) is 16. The van der Waals surface area contributed by atoms with Crippen molar-refractivity contribution in [2.75, 3.05) is 26.4 Å². The lowest BCUT2D eigenvalue weighted by molar-refractivity contribution is -0.139. The Balaban J connectivity index is 1.86. The predicted octanol–water partition coefficient (Wildman–Crippen LogP) is 6.55. The van der Waals surface area contributed by atoms with E-state index >= 15 is 0 Å². The van der Waals surface area contributed by atoms with Crippen LogP contribution in [0.1, 0.15) is 149 Å². The molecule has 0 spiro atoms. The number of aliphatic hydroxyl groups is 4. The Hall–Kier alpha value is -1.03. The number of rotatable bonds is 31. The molecule has 0 fully saturated rings. The topological polar surface area (TPSA) is 126 Å². The molecule has 1 rings (SSSR count). The van der Waals surface area contributed by atoms with E-state index in [9.17, 15) is 25.2 Å². The molecule has 1 heterocycles. The number of ether oxygens (including phenoxy) is 3. The maximum absolute atomic E-state index is 11.6. The normalized spacial score (nSPS) is 18.0. The smallest absolute Gasteiger partial charge is 0.334 e. The van der Waals surface area contributed by atoms with Gasteiger partial charge in [-0.2, -0.15) is 0 Å². The minimum Gasteiger partial charge on any atom is -0.455 e. The maximum atomic E-state index is 11.6. The minimum absolute atomic E-state index is 0.0581. The van der Waals surface area contributed by atoms with Gasteiger partial charge in [0.1, 0.15) is 18.3 Å². The molecule has 0 aliphatic carbocycles. The summed E-state index contributed by atoms with van der Waals surface area (Å²) < 4.78 is 15.9. The highest BCUT2D eigenvalue weighted by Crippen LogP contribution is 2.20. The van der Waals surface area contributed by atoms with Gasteiger partial charge in [0.2, 0.25) is 0 Å². The Bertz CT molecular complexity index is 685. The van der Waals surface area contributed by atoms with Gasteiger partial charge in [0, 0.05) is 5.57 Å². The van der Waals surface area contributed by atoms with Gasteiger partial charge in [-0.3, -0.25) is 0 Å². The van der Waals surface area contributed by atoms with Crippen molar-refractivity contribution in [3.05, 3.63) is 11.6 Å². The minimum atomic E-state index is -1.09. The Kier molecular flexibility index (Phi) is 25.4. The third-order valence-corrected chi connectivity index (χ3v) is 8.26. The monoisotopic (exact) mass is 614 g/mol. The number of carbonyl (C=O) groups excluding carboxylic acids is 1. The summed E-state index contributed by atoms with van der Waals surface area (Å²) in [7, 11) is 0. The first kappa shape index (κ1) is 40.0. The lowest BCUT2D eigenvalue weighted by atomic mass is 10.0. The Morgan fingerprint density at radius 1 is 0.628 bits per heavy atom. The molecule has 8 nitrogen and oxygen atoms in total. The first-order chi connectivity index (χ1) is 20.8. The van der Waals surface area contributed by atoms with Gasteiger partial charge in [-0.05, 0) is 38.7 Å². The highest BCUT2D eigenvalue weighted by atomic mass is 16.5. The lowest BCUT2D eigenvalue weighted by Crippen LogP contribution is -2.36. The van der Waals surface area contributed by atoms with E-state index in [4.69, 9.17) is 14.2 Å². The third-order valence-electron chi connectivity index (χ3n) is 8.26. The van der Waals surface area contributed by atoms with Crippen molar-refractivity contribution in [3.63, 3.8) is 0 Å². The van der Waals surface area contributed by atoms with Crippen LogP contribution in [0.3, 0.4) is 0 Å². The van der Waals surface area contributed by atoms with Crippen molar-refractivity contribution in [3.8, 4) is 0 Å². The molecule has 8 heteroatoms. The average Bonchev–Trinajstić information content (AvgIpc) is 3.30. The fraction of sp³-hybridized carbons (Fsp3) is 0.914. The molecule has 5 atom stereocenters. The van der Waals surface area contributed by atoms with Gasteiger partial charge in [-0.25, -0.2) is 4.79 Å². The quantitative estimate of drug-likeness (QED) is 0.0512. The van der Waals surface area contributed by atoms with Gasteiger partial charge in [-0.15, -0.1) is 0 Å². The Labute approximate surface area is 262 Å². The molecule has 0 amide bonds. The maximum Gasteiger partial charge on any atom is 0.334 e. The van der Waals surface area contributed by atoms with Crippen LogP contribution in [0.25, 0.3) is 0 Å². The van der Waals surface area contributed by atoms with Crippen molar-refractivity contribution in [1.82, 2.24) is 0 Å². The fourth-order valence-electron chi connectivity index (χ4n) is 5.48. The molecule has 0 saturated heterocycles. The van der Waals surface area contributed by atoms with E-state index in [-0.39, 0.29) is 38.5 Å². The van der Waals surface area contributed by atoms with Crippen molar-refractivity contribution < 1.29 is 39.4 Å². The highest BCUT2D eigenvalue weighted by Gasteiger charge is 2.21. The van der Waals surface area contributed by atoms with Gasteiger partial charge < -0.3 is 34.6 Å². The Morgan fingerprint density at radius 3 is 1.42 bits per heavy atom. The van der Waals surface area contributed by atoms with Crippen LogP contribution in [0.15, 0.2) is 11.6 Å². The largest absolute Gasteiger partial charge is 0.455 e. The van der Waals surface area contributed by atoms with E-state index in [1.54, 1.807) is 0 Å². The van der Waals surface area contributed by atoms with Crippen molar-refractivity contribution in [2.24, 2.45) is 0 Å². The molecule has 254 valence electrons. The molecular weight excluding hydrogens is 548 g/mol. The molecule has 4 N–H and O–H groups in total. The summed E-state index contributed by atoms with van der Waals surface area (Å²) in [6.07, 6.45) is 22.1. The molecular formula is C35H66O8. The second-order valence-electron chi connectivity index (χ2n) is 12.7. The third kappa shape index (κ3) is 23.0. The molecule has 0 bridgehead atoms. The van der Waals surface area contributed by atoms with Crippen LogP contribution < -0.4 is 0 Å². The number of aliphatic hydroxyl groups excluding tert-OH is 4. The van der Waals surface area contributed by atoms with Crippen molar-refractivity contribution in [1.29, 1.82) is 0 Å². The summed E-state index contributed by atoms with van der Waals surface area (Å²) in [5, 5.41) is 40.4. The van der Waals surface area contributed by atoms with E-state index in [0.717, 1.165) is 50.5 Å². The molecule has 0 unspecified atom stereocenters. The summed E-state index contributed by atoms with van der Waals surface area (Å²) in [5.41, 5.74) is 0.845.